The molecule has 0 spiro atoms. The quantitative estimate of drug-likeness (QED) is 0.630. The number of halogens is 1. The summed E-state index contributed by atoms with van der Waals surface area (Å²) in [5.74, 6) is -0.493. The van der Waals surface area contributed by atoms with Gasteiger partial charge in [0.2, 0.25) is 0 Å². The number of rotatable bonds is 3. The second kappa shape index (κ2) is 5.36. The minimum absolute atomic E-state index is 0.0277. The second-order valence-corrected chi connectivity index (χ2v) is 4.04. The molecule has 2 rings (SSSR count). The number of non-ortho nitro benzene ring substituents is 1. The molecule has 0 aliphatic rings. The number of nitrogens with zero attached hydrogens (tertiary/aromatic N) is 2. The molecule has 0 saturated heterocycles. The van der Waals surface area contributed by atoms with Crippen LogP contribution in [0.5, 0.6) is 11.5 Å². The largest absolute Gasteiger partial charge is 0.453 e. The molecular formula is C14H9FN2O3. The van der Waals surface area contributed by atoms with Crippen molar-refractivity contribution in [2.24, 2.45) is 0 Å². The Labute approximate surface area is 114 Å². The molecule has 5 nitrogen and oxygen atoms in total. The zero-order valence-corrected chi connectivity index (χ0v) is 10.5. The molecule has 0 unspecified atom stereocenters. The molecule has 0 aliphatic heterocycles. The van der Waals surface area contributed by atoms with Crippen molar-refractivity contribution in [3.8, 4) is 17.6 Å². The lowest BCUT2D eigenvalue weighted by atomic mass is 10.2. The van der Waals surface area contributed by atoms with E-state index in [1.807, 2.05) is 0 Å². The van der Waals surface area contributed by atoms with Crippen molar-refractivity contribution < 1.29 is 14.1 Å². The van der Waals surface area contributed by atoms with Gasteiger partial charge in [0.25, 0.3) is 5.69 Å². The van der Waals surface area contributed by atoms with Crippen LogP contribution < -0.4 is 4.74 Å². The number of nitriles is 1. The van der Waals surface area contributed by atoms with E-state index in [9.17, 15) is 14.5 Å². The van der Waals surface area contributed by atoms with Gasteiger partial charge >= 0.3 is 0 Å². The van der Waals surface area contributed by atoms with Crippen molar-refractivity contribution in [2.45, 2.75) is 6.92 Å². The van der Waals surface area contributed by atoms with Gasteiger partial charge in [0.1, 0.15) is 17.4 Å². The van der Waals surface area contributed by atoms with Gasteiger partial charge in [-0.2, -0.15) is 5.26 Å². The van der Waals surface area contributed by atoms with Crippen molar-refractivity contribution in [3.05, 3.63) is 63.5 Å². The van der Waals surface area contributed by atoms with Gasteiger partial charge in [0.15, 0.2) is 11.6 Å². The molecule has 0 saturated carbocycles. The first-order chi connectivity index (χ1) is 9.52. The smallest absolute Gasteiger partial charge is 0.271 e. The predicted molar refractivity (Wildman–Crippen MR) is 69.0 cm³/mol. The van der Waals surface area contributed by atoms with Gasteiger partial charge in [-0.1, -0.05) is 12.1 Å². The molecule has 0 heterocycles. The summed E-state index contributed by atoms with van der Waals surface area (Å²) < 4.78 is 19.1. The van der Waals surface area contributed by atoms with E-state index in [1.165, 1.54) is 18.2 Å². The fourth-order valence-corrected chi connectivity index (χ4v) is 1.63. The fourth-order valence-electron chi connectivity index (χ4n) is 1.63. The third kappa shape index (κ3) is 2.57. The van der Waals surface area contributed by atoms with Crippen LogP contribution in [0.4, 0.5) is 10.1 Å². The van der Waals surface area contributed by atoms with E-state index in [1.54, 1.807) is 25.1 Å². The SMILES string of the molecule is Cc1cccc(Oc2ccc([N+](=O)[O-])cc2C#N)c1F. The summed E-state index contributed by atoms with van der Waals surface area (Å²) in [5, 5.41) is 19.6. The molecule has 0 N–H and O–H groups in total. The summed E-state index contributed by atoms with van der Waals surface area (Å²) in [6, 6.07) is 9.98. The highest BCUT2D eigenvalue weighted by Crippen LogP contribution is 2.30. The van der Waals surface area contributed by atoms with Gasteiger partial charge in [0, 0.05) is 12.1 Å². The molecule has 0 fully saturated rings. The van der Waals surface area contributed by atoms with E-state index in [-0.39, 0.29) is 22.7 Å². The van der Waals surface area contributed by atoms with Gasteiger partial charge < -0.3 is 4.74 Å². The van der Waals surface area contributed by atoms with Gasteiger partial charge in [0.05, 0.1) is 4.92 Å². The topological polar surface area (TPSA) is 76.2 Å². The Kier molecular flexibility index (Phi) is 3.62. The maximum absolute atomic E-state index is 13.8. The molecule has 100 valence electrons. The van der Waals surface area contributed by atoms with Crippen LogP contribution in [0, 0.1) is 34.2 Å². The maximum Gasteiger partial charge on any atom is 0.271 e. The third-order valence-electron chi connectivity index (χ3n) is 2.67. The Bertz CT molecular complexity index is 723. The molecular weight excluding hydrogens is 263 g/mol. The minimum Gasteiger partial charge on any atom is -0.453 e. The third-order valence-corrected chi connectivity index (χ3v) is 2.67. The number of nitro groups is 1. The number of ether oxygens (including phenoxy) is 1. The van der Waals surface area contributed by atoms with E-state index in [2.05, 4.69) is 0 Å². The van der Waals surface area contributed by atoms with Crippen LogP contribution in [0.25, 0.3) is 0 Å². The number of hydrogen-bond donors (Lipinski definition) is 0. The average Bonchev–Trinajstić information content (AvgIpc) is 2.44. The Morgan fingerprint density at radius 2 is 2.05 bits per heavy atom. The lowest BCUT2D eigenvalue weighted by Gasteiger charge is -2.09. The normalized spacial score (nSPS) is 9.85. The average molecular weight is 272 g/mol. The van der Waals surface area contributed by atoms with Gasteiger partial charge in [-0.05, 0) is 24.6 Å². The molecule has 2 aromatic rings. The second-order valence-electron chi connectivity index (χ2n) is 4.04. The number of hydrogen-bond acceptors (Lipinski definition) is 4. The highest BCUT2D eigenvalue weighted by Gasteiger charge is 2.14. The molecule has 20 heavy (non-hydrogen) atoms. The Morgan fingerprint density at radius 3 is 2.70 bits per heavy atom. The van der Waals surface area contributed by atoms with E-state index in [0.717, 1.165) is 6.07 Å². The van der Waals surface area contributed by atoms with Crippen molar-refractivity contribution in [3.63, 3.8) is 0 Å². The summed E-state index contributed by atoms with van der Waals surface area (Å²) >= 11 is 0. The number of benzene rings is 2. The molecule has 0 bridgehead atoms. The van der Waals surface area contributed by atoms with Crippen molar-refractivity contribution in [1.82, 2.24) is 0 Å². The summed E-state index contributed by atoms with van der Waals surface area (Å²) in [6.45, 7) is 1.59. The summed E-state index contributed by atoms with van der Waals surface area (Å²) in [5.41, 5.74) is 0.154. The lowest BCUT2D eigenvalue weighted by Crippen LogP contribution is -1.95. The van der Waals surface area contributed by atoms with E-state index >= 15 is 0 Å². The van der Waals surface area contributed by atoms with E-state index in [4.69, 9.17) is 10.00 Å². The van der Waals surface area contributed by atoms with Gasteiger partial charge in [-0.3, -0.25) is 10.1 Å². The first kappa shape index (κ1) is 13.5. The predicted octanol–water partition coefficient (Wildman–Crippen LogP) is 3.71. The number of nitro benzene ring substituents is 1. The minimum atomic E-state index is -0.613. The van der Waals surface area contributed by atoms with E-state index in [0.29, 0.717) is 5.56 Å². The molecule has 2 aromatic carbocycles. The van der Waals surface area contributed by atoms with Gasteiger partial charge in [-0.15, -0.1) is 0 Å². The van der Waals surface area contributed by atoms with Crippen LogP contribution in [0.1, 0.15) is 11.1 Å². The van der Waals surface area contributed by atoms with Crippen LogP contribution in [0.15, 0.2) is 36.4 Å². The molecule has 0 aromatic heterocycles. The Hall–Kier alpha value is -2.94. The summed E-state index contributed by atoms with van der Waals surface area (Å²) in [7, 11) is 0. The molecule has 0 aliphatic carbocycles. The van der Waals surface area contributed by atoms with Gasteiger partial charge in [-0.25, -0.2) is 4.39 Å². The molecule has 6 heteroatoms. The first-order valence-electron chi connectivity index (χ1n) is 5.64. The number of aryl methyl sites for hydroxylation is 1. The Morgan fingerprint density at radius 1 is 1.30 bits per heavy atom. The standard InChI is InChI=1S/C14H9FN2O3/c1-9-3-2-4-13(14(9)15)20-12-6-5-11(17(18)19)7-10(12)8-16/h2-7H,1H3. The van der Waals surface area contributed by atoms with Crippen LogP contribution in [-0.4, -0.2) is 4.92 Å². The van der Waals surface area contributed by atoms with Crippen molar-refractivity contribution >= 4 is 5.69 Å². The van der Waals surface area contributed by atoms with Crippen LogP contribution in [0.3, 0.4) is 0 Å². The first-order valence-corrected chi connectivity index (χ1v) is 5.64. The lowest BCUT2D eigenvalue weighted by molar-refractivity contribution is -0.384. The molecule has 0 amide bonds. The molecule has 0 atom stereocenters. The fraction of sp³-hybridized carbons (Fsp3) is 0.0714. The van der Waals surface area contributed by atoms with Crippen molar-refractivity contribution in [2.75, 3.05) is 0 Å². The zero-order valence-electron chi connectivity index (χ0n) is 10.5. The summed E-state index contributed by atoms with van der Waals surface area (Å²) in [4.78, 5) is 10.0. The highest BCUT2D eigenvalue weighted by molar-refractivity contribution is 5.51. The van der Waals surface area contributed by atoms with Crippen LogP contribution in [-0.2, 0) is 0 Å². The van der Waals surface area contributed by atoms with Crippen LogP contribution in [0.2, 0.25) is 0 Å². The maximum atomic E-state index is 13.8. The van der Waals surface area contributed by atoms with E-state index < -0.39 is 10.7 Å². The monoisotopic (exact) mass is 272 g/mol. The summed E-state index contributed by atoms with van der Waals surface area (Å²) in [6.07, 6.45) is 0. The molecule has 0 radical (unpaired) electrons. The highest BCUT2D eigenvalue weighted by atomic mass is 19.1. The zero-order chi connectivity index (χ0) is 14.7. The van der Waals surface area contributed by atoms with Crippen LogP contribution >= 0.6 is 0 Å². The Balaban J connectivity index is 2.42. The van der Waals surface area contributed by atoms with Crippen molar-refractivity contribution in [1.29, 1.82) is 5.26 Å².